The first-order chi connectivity index (χ1) is 11.0. The Hall–Kier alpha value is -1.79. The summed E-state index contributed by atoms with van der Waals surface area (Å²) in [5.41, 5.74) is 0.389. The molecule has 0 spiro atoms. The molecule has 0 saturated carbocycles. The van der Waals surface area contributed by atoms with Crippen LogP contribution in [0.15, 0.2) is 18.2 Å². The quantitative estimate of drug-likeness (QED) is 0.380. The van der Waals surface area contributed by atoms with Gasteiger partial charge in [-0.05, 0) is 25.0 Å². The first-order valence-corrected chi connectivity index (χ1v) is 8.01. The summed E-state index contributed by atoms with van der Waals surface area (Å²) < 4.78 is 16.5. The number of phenolic OH excluding ortho intramolecular Hbond substituents is 1. The van der Waals surface area contributed by atoms with Gasteiger partial charge in [-0.3, -0.25) is 0 Å². The molecule has 0 aromatic heterocycles. The highest BCUT2D eigenvalue weighted by Gasteiger charge is 2.37. The molecular weight excluding hydrogens is 300 g/mol. The minimum atomic E-state index is -1.48. The van der Waals surface area contributed by atoms with E-state index in [9.17, 15) is 9.90 Å². The second kappa shape index (κ2) is 9.37. The molecule has 0 radical (unpaired) electrons. The third-order valence-electron chi connectivity index (χ3n) is 3.26. The van der Waals surface area contributed by atoms with Crippen molar-refractivity contribution in [3.8, 4) is 11.5 Å². The van der Waals surface area contributed by atoms with Crippen molar-refractivity contribution < 1.29 is 29.2 Å². The molecule has 130 valence electrons. The highest BCUT2D eigenvalue weighted by molar-refractivity contribution is 5.63. The van der Waals surface area contributed by atoms with Gasteiger partial charge in [0.15, 0.2) is 17.3 Å². The van der Waals surface area contributed by atoms with Crippen LogP contribution in [-0.2, 0) is 15.3 Å². The Labute approximate surface area is 137 Å². The van der Waals surface area contributed by atoms with Crippen molar-refractivity contribution >= 4 is 6.16 Å². The van der Waals surface area contributed by atoms with Crippen molar-refractivity contribution in [2.75, 3.05) is 13.2 Å². The zero-order valence-corrected chi connectivity index (χ0v) is 14.0. The van der Waals surface area contributed by atoms with E-state index in [4.69, 9.17) is 14.6 Å². The van der Waals surface area contributed by atoms with E-state index in [0.29, 0.717) is 25.2 Å². The Balaban J connectivity index is 3.30. The van der Waals surface area contributed by atoms with Gasteiger partial charge in [-0.15, -0.1) is 0 Å². The van der Waals surface area contributed by atoms with Crippen LogP contribution in [0.1, 0.15) is 52.0 Å². The number of hydrogen-bond acceptors (Lipinski definition) is 5. The van der Waals surface area contributed by atoms with Crippen LogP contribution in [0.25, 0.3) is 0 Å². The maximum atomic E-state index is 10.8. The second-order valence-electron chi connectivity index (χ2n) is 5.22. The Morgan fingerprint density at radius 3 is 2.17 bits per heavy atom. The van der Waals surface area contributed by atoms with E-state index in [0.717, 1.165) is 19.3 Å². The number of hydrogen-bond donors (Lipinski definition) is 2. The summed E-state index contributed by atoms with van der Waals surface area (Å²) >= 11 is 0. The van der Waals surface area contributed by atoms with E-state index in [-0.39, 0.29) is 11.5 Å². The first-order valence-electron chi connectivity index (χ1n) is 8.01. The molecule has 0 amide bonds. The van der Waals surface area contributed by atoms with Crippen LogP contribution in [0.5, 0.6) is 11.5 Å². The number of benzene rings is 1. The highest BCUT2D eigenvalue weighted by atomic mass is 16.7. The van der Waals surface area contributed by atoms with Gasteiger partial charge in [-0.25, -0.2) is 4.79 Å². The number of para-hydroxylation sites is 1. The van der Waals surface area contributed by atoms with Gasteiger partial charge >= 0.3 is 6.16 Å². The van der Waals surface area contributed by atoms with Crippen LogP contribution < -0.4 is 4.74 Å². The Kier molecular flexibility index (Phi) is 7.85. The number of carboxylic acid groups (broad SMARTS) is 1. The standard InChI is InChI=1S/C17H26O6/c1-4-10-17(21-11-5-2,22-12-6-3)13-8-7-9-14(15(13)18)23-16(19)20/h7-9,18H,4-6,10-12H2,1-3H3,(H,19,20). The lowest BCUT2D eigenvalue weighted by Crippen LogP contribution is -2.34. The molecule has 0 atom stereocenters. The fraction of sp³-hybridized carbons (Fsp3) is 0.588. The lowest BCUT2D eigenvalue weighted by atomic mass is 9.98. The van der Waals surface area contributed by atoms with E-state index in [1.165, 1.54) is 6.07 Å². The van der Waals surface area contributed by atoms with Gasteiger partial charge < -0.3 is 24.4 Å². The predicted octanol–water partition coefficient (Wildman–Crippen LogP) is 4.26. The molecule has 0 aliphatic rings. The summed E-state index contributed by atoms with van der Waals surface area (Å²) in [6.07, 6.45) is 1.43. The zero-order valence-electron chi connectivity index (χ0n) is 14.0. The molecule has 1 aromatic rings. The number of ether oxygens (including phenoxy) is 3. The molecular formula is C17H26O6. The highest BCUT2D eigenvalue weighted by Crippen LogP contribution is 2.42. The molecule has 0 heterocycles. The third-order valence-corrected chi connectivity index (χ3v) is 3.26. The molecule has 1 aromatic carbocycles. The fourth-order valence-electron chi connectivity index (χ4n) is 2.35. The molecule has 0 saturated heterocycles. The summed E-state index contributed by atoms with van der Waals surface area (Å²) in [7, 11) is 0. The zero-order chi connectivity index (χ0) is 17.3. The van der Waals surface area contributed by atoms with Crippen LogP contribution in [0.3, 0.4) is 0 Å². The maximum Gasteiger partial charge on any atom is 0.511 e. The molecule has 0 bridgehead atoms. The summed E-state index contributed by atoms with van der Waals surface area (Å²) in [6, 6.07) is 4.68. The molecule has 0 unspecified atom stereocenters. The van der Waals surface area contributed by atoms with E-state index < -0.39 is 11.9 Å². The average Bonchev–Trinajstić information content (AvgIpc) is 2.52. The normalized spacial score (nSPS) is 11.4. The van der Waals surface area contributed by atoms with Crippen LogP contribution in [0, 0.1) is 0 Å². The first kappa shape index (κ1) is 19.3. The van der Waals surface area contributed by atoms with E-state index in [2.05, 4.69) is 4.74 Å². The van der Waals surface area contributed by atoms with Gasteiger partial charge in [0.2, 0.25) is 0 Å². The summed E-state index contributed by atoms with van der Waals surface area (Å²) in [5.74, 6) is -1.51. The van der Waals surface area contributed by atoms with Gasteiger partial charge in [-0.1, -0.05) is 33.3 Å². The van der Waals surface area contributed by atoms with Crippen molar-refractivity contribution in [1.82, 2.24) is 0 Å². The largest absolute Gasteiger partial charge is 0.511 e. The second-order valence-corrected chi connectivity index (χ2v) is 5.22. The lowest BCUT2D eigenvalue weighted by Gasteiger charge is -2.34. The minimum absolute atomic E-state index is 0.129. The van der Waals surface area contributed by atoms with Crippen LogP contribution in [0.2, 0.25) is 0 Å². The molecule has 0 aliphatic carbocycles. The van der Waals surface area contributed by atoms with E-state index in [1.807, 2.05) is 20.8 Å². The number of phenols is 1. The number of rotatable bonds is 10. The topological polar surface area (TPSA) is 85.2 Å². The Morgan fingerprint density at radius 2 is 1.70 bits per heavy atom. The molecule has 23 heavy (non-hydrogen) atoms. The third kappa shape index (κ3) is 5.11. The van der Waals surface area contributed by atoms with Gasteiger partial charge in [-0.2, -0.15) is 0 Å². The van der Waals surface area contributed by atoms with Crippen molar-refractivity contribution in [2.45, 2.75) is 52.2 Å². The Bertz CT molecular complexity index is 492. The summed E-state index contributed by atoms with van der Waals surface area (Å²) in [6.45, 7) is 6.90. The smallest absolute Gasteiger partial charge is 0.504 e. The molecule has 0 aliphatic heterocycles. The lowest BCUT2D eigenvalue weighted by molar-refractivity contribution is -0.252. The summed E-state index contributed by atoms with van der Waals surface area (Å²) in [5, 5.41) is 19.2. The van der Waals surface area contributed by atoms with Crippen molar-refractivity contribution in [1.29, 1.82) is 0 Å². The van der Waals surface area contributed by atoms with Gasteiger partial charge in [0.25, 0.3) is 0 Å². The molecule has 2 N–H and O–H groups in total. The van der Waals surface area contributed by atoms with Gasteiger partial charge in [0, 0.05) is 6.42 Å². The van der Waals surface area contributed by atoms with Crippen LogP contribution in [-0.4, -0.2) is 29.6 Å². The molecule has 6 heteroatoms. The maximum absolute atomic E-state index is 10.8. The number of carbonyl (C=O) groups is 1. The van der Waals surface area contributed by atoms with Crippen molar-refractivity contribution in [2.24, 2.45) is 0 Å². The predicted molar refractivity (Wildman–Crippen MR) is 85.8 cm³/mol. The van der Waals surface area contributed by atoms with Crippen LogP contribution >= 0.6 is 0 Å². The average molecular weight is 326 g/mol. The van der Waals surface area contributed by atoms with Gasteiger partial charge in [0.05, 0.1) is 18.8 Å². The van der Waals surface area contributed by atoms with E-state index >= 15 is 0 Å². The summed E-state index contributed by atoms with van der Waals surface area (Å²) in [4.78, 5) is 10.8. The molecule has 6 nitrogen and oxygen atoms in total. The molecule has 1 rings (SSSR count). The Morgan fingerprint density at radius 1 is 1.09 bits per heavy atom. The van der Waals surface area contributed by atoms with Crippen LogP contribution in [0.4, 0.5) is 4.79 Å². The van der Waals surface area contributed by atoms with Crippen molar-refractivity contribution in [3.63, 3.8) is 0 Å². The van der Waals surface area contributed by atoms with Gasteiger partial charge in [0.1, 0.15) is 0 Å². The number of aromatic hydroxyl groups is 1. The molecule has 0 fully saturated rings. The minimum Gasteiger partial charge on any atom is -0.504 e. The van der Waals surface area contributed by atoms with Crippen molar-refractivity contribution in [3.05, 3.63) is 23.8 Å². The SMILES string of the molecule is CCCOC(CCC)(OCCC)c1cccc(OC(=O)O)c1O. The monoisotopic (exact) mass is 326 g/mol. The fourth-order valence-corrected chi connectivity index (χ4v) is 2.35. The van der Waals surface area contributed by atoms with E-state index in [1.54, 1.807) is 12.1 Å².